The molecule has 0 saturated heterocycles. The van der Waals surface area contributed by atoms with E-state index in [1.165, 1.54) is 0 Å². The lowest BCUT2D eigenvalue weighted by Gasteiger charge is -2.12. The highest BCUT2D eigenvalue weighted by molar-refractivity contribution is 9.10. The Morgan fingerprint density at radius 3 is 2.42 bits per heavy atom. The lowest BCUT2D eigenvalue weighted by molar-refractivity contribution is 0.476. The van der Waals surface area contributed by atoms with E-state index in [-0.39, 0.29) is 0 Å². The van der Waals surface area contributed by atoms with E-state index < -0.39 is 0 Å². The highest BCUT2D eigenvalue weighted by Crippen LogP contribution is 2.37. The van der Waals surface area contributed by atoms with E-state index in [1.54, 1.807) is 30.3 Å². The summed E-state index contributed by atoms with van der Waals surface area (Å²) in [6.45, 7) is 0.317. The first-order chi connectivity index (χ1) is 9.01. The Hall–Kier alpha value is -0.450. The SMILES string of the molecule is NCc1cc(Cl)ccc1Oc1cc(Cl)c(Br)cc1Cl. The number of hydrogen-bond donors (Lipinski definition) is 1. The molecule has 0 atom stereocenters. The Morgan fingerprint density at radius 2 is 1.74 bits per heavy atom. The molecular formula is C13H9BrCl3NO. The molecule has 0 aliphatic carbocycles. The van der Waals surface area contributed by atoms with Crippen LogP contribution >= 0.6 is 50.7 Å². The van der Waals surface area contributed by atoms with E-state index in [2.05, 4.69) is 15.9 Å². The first-order valence-corrected chi connectivity index (χ1v) is 7.25. The van der Waals surface area contributed by atoms with Gasteiger partial charge < -0.3 is 10.5 Å². The Bertz CT molecular complexity index is 619. The van der Waals surface area contributed by atoms with Crippen LogP contribution in [0.2, 0.25) is 15.1 Å². The number of halogens is 4. The molecule has 0 fully saturated rings. The second-order valence-electron chi connectivity index (χ2n) is 3.75. The van der Waals surface area contributed by atoms with Crippen LogP contribution in [0.1, 0.15) is 5.56 Å². The summed E-state index contributed by atoms with van der Waals surface area (Å²) in [4.78, 5) is 0. The van der Waals surface area contributed by atoms with Crippen LogP contribution in [0.3, 0.4) is 0 Å². The van der Waals surface area contributed by atoms with Gasteiger partial charge in [0.2, 0.25) is 0 Å². The largest absolute Gasteiger partial charge is 0.455 e. The average Bonchev–Trinajstić information content (AvgIpc) is 2.37. The van der Waals surface area contributed by atoms with Gasteiger partial charge in [-0.3, -0.25) is 0 Å². The molecule has 0 aromatic heterocycles. The van der Waals surface area contributed by atoms with Crippen molar-refractivity contribution in [2.75, 3.05) is 0 Å². The summed E-state index contributed by atoms with van der Waals surface area (Å²) in [5.74, 6) is 1.07. The number of hydrogen-bond acceptors (Lipinski definition) is 2. The molecule has 0 spiro atoms. The molecule has 2 aromatic carbocycles. The quantitative estimate of drug-likeness (QED) is 0.696. The van der Waals surface area contributed by atoms with E-state index in [9.17, 15) is 0 Å². The van der Waals surface area contributed by atoms with Gasteiger partial charge >= 0.3 is 0 Å². The van der Waals surface area contributed by atoms with Crippen molar-refractivity contribution >= 4 is 50.7 Å². The van der Waals surface area contributed by atoms with Crippen LogP contribution in [-0.4, -0.2) is 0 Å². The summed E-state index contributed by atoms with van der Waals surface area (Å²) in [5.41, 5.74) is 6.45. The van der Waals surface area contributed by atoms with E-state index >= 15 is 0 Å². The van der Waals surface area contributed by atoms with Crippen LogP contribution < -0.4 is 10.5 Å². The van der Waals surface area contributed by atoms with Gasteiger partial charge in [-0.05, 0) is 40.2 Å². The molecule has 19 heavy (non-hydrogen) atoms. The smallest absolute Gasteiger partial charge is 0.147 e. The second kappa shape index (κ2) is 6.33. The van der Waals surface area contributed by atoms with Gasteiger partial charge in [-0.2, -0.15) is 0 Å². The van der Waals surface area contributed by atoms with Gasteiger partial charge in [-0.1, -0.05) is 34.8 Å². The highest BCUT2D eigenvalue weighted by atomic mass is 79.9. The van der Waals surface area contributed by atoms with Crippen molar-refractivity contribution in [2.24, 2.45) is 5.73 Å². The maximum absolute atomic E-state index is 6.11. The maximum Gasteiger partial charge on any atom is 0.147 e. The molecule has 0 saturated carbocycles. The fourth-order valence-corrected chi connectivity index (χ4v) is 2.53. The number of rotatable bonds is 3. The molecule has 0 bridgehead atoms. The Morgan fingerprint density at radius 1 is 1.00 bits per heavy atom. The third kappa shape index (κ3) is 3.56. The molecule has 100 valence electrons. The monoisotopic (exact) mass is 379 g/mol. The molecule has 2 N–H and O–H groups in total. The fourth-order valence-electron chi connectivity index (χ4n) is 1.51. The van der Waals surface area contributed by atoms with E-state index in [4.69, 9.17) is 45.3 Å². The summed E-state index contributed by atoms with van der Waals surface area (Å²) in [6, 6.07) is 8.55. The minimum absolute atomic E-state index is 0.317. The van der Waals surface area contributed by atoms with Crippen molar-refractivity contribution in [3.8, 4) is 11.5 Å². The lowest BCUT2D eigenvalue weighted by Crippen LogP contribution is -1.99. The summed E-state index contributed by atoms with van der Waals surface area (Å²) in [7, 11) is 0. The normalized spacial score (nSPS) is 10.6. The minimum Gasteiger partial charge on any atom is -0.455 e. The third-order valence-electron chi connectivity index (χ3n) is 2.44. The molecule has 0 radical (unpaired) electrons. The summed E-state index contributed by atoms with van der Waals surface area (Å²) in [5, 5.41) is 1.57. The summed E-state index contributed by atoms with van der Waals surface area (Å²) >= 11 is 21.3. The number of benzene rings is 2. The predicted molar refractivity (Wildman–Crippen MR) is 83.6 cm³/mol. The van der Waals surface area contributed by atoms with Crippen molar-refractivity contribution in [1.29, 1.82) is 0 Å². The molecule has 2 nitrogen and oxygen atoms in total. The molecular weight excluding hydrogens is 372 g/mol. The molecule has 6 heteroatoms. The summed E-state index contributed by atoms with van der Waals surface area (Å²) < 4.78 is 6.46. The van der Waals surface area contributed by atoms with Crippen molar-refractivity contribution in [3.63, 3.8) is 0 Å². The zero-order chi connectivity index (χ0) is 14.0. The lowest BCUT2D eigenvalue weighted by atomic mass is 10.2. The Kier molecular flexibility index (Phi) is 4.98. The number of ether oxygens (including phenoxy) is 1. The van der Waals surface area contributed by atoms with Crippen LogP contribution in [0.25, 0.3) is 0 Å². The van der Waals surface area contributed by atoms with Gasteiger partial charge in [0.15, 0.2) is 0 Å². The zero-order valence-corrected chi connectivity index (χ0v) is 13.4. The topological polar surface area (TPSA) is 35.2 Å². The Balaban J connectivity index is 2.39. The standard InChI is InChI=1S/C13H9BrCl3NO/c14-9-4-11(17)13(5-10(9)16)19-12-2-1-8(15)3-7(12)6-18/h1-5H,6,18H2. The van der Waals surface area contributed by atoms with Crippen LogP contribution in [0.15, 0.2) is 34.8 Å². The van der Waals surface area contributed by atoms with E-state index in [0.29, 0.717) is 37.6 Å². The third-order valence-corrected chi connectivity index (χ3v) is 4.16. The molecule has 0 unspecified atom stereocenters. The molecule has 0 aliphatic rings. The fraction of sp³-hybridized carbons (Fsp3) is 0.0769. The molecule has 2 rings (SSSR count). The minimum atomic E-state index is 0.317. The first-order valence-electron chi connectivity index (χ1n) is 5.32. The van der Waals surface area contributed by atoms with Crippen LogP contribution in [0.5, 0.6) is 11.5 Å². The van der Waals surface area contributed by atoms with Crippen molar-refractivity contribution in [3.05, 3.63) is 55.4 Å². The maximum atomic E-state index is 6.11. The van der Waals surface area contributed by atoms with Crippen LogP contribution in [-0.2, 0) is 6.54 Å². The van der Waals surface area contributed by atoms with Crippen LogP contribution in [0.4, 0.5) is 0 Å². The van der Waals surface area contributed by atoms with Crippen molar-refractivity contribution in [2.45, 2.75) is 6.54 Å². The van der Waals surface area contributed by atoms with E-state index in [1.807, 2.05) is 0 Å². The van der Waals surface area contributed by atoms with Gasteiger partial charge in [-0.25, -0.2) is 0 Å². The molecule has 2 aromatic rings. The molecule has 0 aliphatic heterocycles. The van der Waals surface area contributed by atoms with Crippen LogP contribution in [0, 0.1) is 0 Å². The highest BCUT2D eigenvalue weighted by Gasteiger charge is 2.10. The number of nitrogens with two attached hydrogens (primary N) is 1. The molecule has 0 heterocycles. The first kappa shape index (κ1) is 14.9. The van der Waals surface area contributed by atoms with Gasteiger partial charge in [0, 0.05) is 27.7 Å². The van der Waals surface area contributed by atoms with Gasteiger partial charge in [0.25, 0.3) is 0 Å². The van der Waals surface area contributed by atoms with Crippen molar-refractivity contribution < 1.29 is 4.74 Å². The predicted octanol–water partition coefficient (Wildman–Crippen LogP) is 5.66. The van der Waals surface area contributed by atoms with Gasteiger partial charge in [-0.15, -0.1) is 0 Å². The van der Waals surface area contributed by atoms with Crippen molar-refractivity contribution in [1.82, 2.24) is 0 Å². The Labute approximate surface area is 134 Å². The molecule has 0 amide bonds. The average molecular weight is 381 g/mol. The van der Waals surface area contributed by atoms with Gasteiger partial charge in [0.05, 0.1) is 10.0 Å². The van der Waals surface area contributed by atoms with Gasteiger partial charge in [0.1, 0.15) is 11.5 Å². The van der Waals surface area contributed by atoms with E-state index in [0.717, 1.165) is 5.56 Å². The second-order valence-corrected chi connectivity index (χ2v) is 5.86. The zero-order valence-electron chi connectivity index (χ0n) is 9.59. The summed E-state index contributed by atoms with van der Waals surface area (Å²) in [6.07, 6.45) is 0.